The second kappa shape index (κ2) is 27.9. The second-order valence-corrected chi connectivity index (χ2v) is 3.82. The van der Waals surface area contributed by atoms with Crippen LogP contribution in [-0.2, 0) is 29.0 Å². The van der Waals surface area contributed by atoms with Gasteiger partial charge in [-0.3, -0.25) is 14.4 Å². The van der Waals surface area contributed by atoms with E-state index in [9.17, 15) is 19.2 Å². The summed E-state index contributed by atoms with van der Waals surface area (Å²) in [5, 5.41) is 32.9. The third kappa shape index (κ3) is 43.2. The molecular weight excluding hydrogens is 352 g/mol. The SMILES string of the molecule is C.C.C.C.CC(=O)CC(O)C(C)=O.COOC.O=C(O)CC(O)C(=O)O. The first-order chi connectivity index (χ1) is 9.99. The number of hydrogen-bond acceptors (Lipinski definition) is 8. The van der Waals surface area contributed by atoms with Crippen molar-refractivity contribution in [2.75, 3.05) is 14.2 Å². The number of carbonyl (C=O) groups is 4. The monoisotopic (exact) mass is 390 g/mol. The Morgan fingerprint density at radius 3 is 1.19 bits per heavy atom. The van der Waals surface area contributed by atoms with E-state index in [0.29, 0.717) is 0 Å². The molecule has 0 bridgehead atoms. The Bertz CT molecular complexity index is 321. The predicted octanol–water partition coefficient (Wildman–Crippen LogP) is 1.56. The van der Waals surface area contributed by atoms with Crippen LogP contribution in [0.5, 0.6) is 0 Å². The number of aliphatic carboxylic acids is 2. The average Bonchev–Trinajstić information content (AvgIpc) is 2.38. The highest BCUT2D eigenvalue weighted by Crippen LogP contribution is 1.92. The maximum atomic E-state index is 10.3. The molecule has 0 rings (SSSR count). The van der Waals surface area contributed by atoms with Gasteiger partial charge in [0.2, 0.25) is 0 Å². The molecule has 2 atom stereocenters. The number of carboxylic acids is 2. The molecule has 0 aliphatic heterocycles. The lowest BCUT2D eigenvalue weighted by atomic mass is 10.1. The molecular formula is C16H38O10. The van der Waals surface area contributed by atoms with Crippen LogP contribution in [0.2, 0.25) is 0 Å². The first-order valence-electron chi connectivity index (χ1n) is 5.86. The molecule has 162 valence electrons. The van der Waals surface area contributed by atoms with E-state index in [2.05, 4.69) is 9.78 Å². The largest absolute Gasteiger partial charge is 0.481 e. The zero-order valence-corrected chi connectivity index (χ0v) is 12.8. The number of aliphatic hydroxyl groups is 2. The fraction of sp³-hybridized carbons (Fsp3) is 0.750. The lowest BCUT2D eigenvalue weighted by molar-refractivity contribution is -0.248. The number of aliphatic hydroxyl groups excluding tert-OH is 2. The molecule has 10 heteroatoms. The first-order valence-corrected chi connectivity index (χ1v) is 5.86. The van der Waals surface area contributed by atoms with E-state index in [-0.39, 0.29) is 47.7 Å². The van der Waals surface area contributed by atoms with Crippen LogP contribution in [0.4, 0.5) is 0 Å². The first kappa shape index (κ1) is 44.0. The third-order valence-corrected chi connectivity index (χ3v) is 1.77. The Morgan fingerprint density at radius 1 is 0.769 bits per heavy atom. The Kier molecular flexibility index (Phi) is 47.3. The zero-order valence-electron chi connectivity index (χ0n) is 12.8. The Morgan fingerprint density at radius 2 is 1.12 bits per heavy atom. The van der Waals surface area contributed by atoms with Crippen molar-refractivity contribution < 1.29 is 49.4 Å². The van der Waals surface area contributed by atoms with Crippen LogP contribution in [0.25, 0.3) is 0 Å². The maximum Gasteiger partial charge on any atom is 0.333 e. The van der Waals surface area contributed by atoms with E-state index in [0.717, 1.165) is 0 Å². The molecule has 0 aliphatic rings. The van der Waals surface area contributed by atoms with E-state index in [1.54, 1.807) is 0 Å². The molecule has 0 heterocycles. The smallest absolute Gasteiger partial charge is 0.333 e. The van der Waals surface area contributed by atoms with Crippen LogP contribution in [0.15, 0.2) is 0 Å². The molecule has 0 aromatic heterocycles. The number of rotatable bonds is 7. The van der Waals surface area contributed by atoms with Gasteiger partial charge in [-0.15, -0.1) is 0 Å². The molecule has 0 radical (unpaired) electrons. The normalized spacial score (nSPS) is 9.92. The molecule has 0 saturated carbocycles. The van der Waals surface area contributed by atoms with E-state index in [1.807, 2.05) is 0 Å². The second-order valence-electron chi connectivity index (χ2n) is 3.82. The summed E-state index contributed by atoms with van der Waals surface area (Å²) in [6.07, 6.45) is -3.70. The molecule has 4 N–H and O–H groups in total. The highest BCUT2D eigenvalue weighted by Gasteiger charge is 2.16. The van der Waals surface area contributed by atoms with Gasteiger partial charge in [-0.1, -0.05) is 29.7 Å². The highest BCUT2D eigenvalue weighted by atomic mass is 17.2. The lowest BCUT2D eigenvalue weighted by Crippen LogP contribution is -2.22. The van der Waals surface area contributed by atoms with Crippen molar-refractivity contribution in [3.63, 3.8) is 0 Å². The van der Waals surface area contributed by atoms with E-state index < -0.39 is 30.6 Å². The summed E-state index contributed by atoms with van der Waals surface area (Å²) in [6, 6.07) is 0. The molecule has 0 aliphatic carbocycles. The van der Waals surface area contributed by atoms with Crippen molar-refractivity contribution in [1.29, 1.82) is 0 Å². The van der Waals surface area contributed by atoms with Gasteiger partial charge in [0.1, 0.15) is 11.9 Å². The minimum atomic E-state index is -1.79. The topological polar surface area (TPSA) is 168 Å². The van der Waals surface area contributed by atoms with Crippen molar-refractivity contribution in [2.24, 2.45) is 0 Å². The summed E-state index contributed by atoms with van der Waals surface area (Å²) in [6.45, 7) is 2.60. The van der Waals surface area contributed by atoms with Crippen LogP contribution in [0.3, 0.4) is 0 Å². The van der Waals surface area contributed by atoms with Gasteiger partial charge in [0.05, 0.1) is 20.6 Å². The van der Waals surface area contributed by atoms with E-state index in [1.165, 1.54) is 28.1 Å². The molecule has 2 unspecified atom stereocenters. The van der Waals surface area contributed by atoms with Crippen molar-refractivity contribution in [3.8, 4) is 0 Å². The number of Topliss-reactive ketones (excluding diaryl/α,β-unsaturated/α-hetero) is 2. The maximum absolute atomic E-state index is 10.3. The van der Waals surface area contributed by atoms with Crippen LogP contribution in [0, 0.1) is 0 Å². The summed E-state index contributed by atoms with van der Waals surface area (Å²) in [4.78, 5) is 48.0. The Hall–Kier alpha value is -1.88. The predicted molar refractivity (Wildman–Crippen MR) is 98.8 cm³/mol. The van der Waals surface area contributed by atoms with Crippen LogP contribution >= 0.6 is 0 Å². The minimum Gasteiger partial charge on any atom is -0.481 e. The third-order valence-electron chi connectivity index (χ3n) is 1.77. The van der Waals surface area contributed by atoms with Gasteiger partial charge in [0.15, 0.2) is 11.9 Å². The highest BCUT2D eigenvalue weighted by molar-refractivity contribution is 5.86. The Balaban J connectivity index is -0.0000000409. The van der Waals surface area contributed by atoms with Crippen LogP contribution < -0.4 is 0 Å². The summed E-state index contributed by atoms with van der Waals surface area (Å²) in [5.74, 6) is -3.37. The number of ketones is 2. The fourth-order valence-electron chi connectivity index (χ4n) is 0.669. The molecule has 0 amide bonds. The minimum absolute atomic E-state index is 0. The summed E-state index contributed by atoms with van der Waals surface area (Å²) in [5.41, 5.74) is 0. The zero-order chi connectivity index (χ0) is 18.3. The summed E-state index contributed by atoms with van der Waals surface area (Å²) >= 11 is 0. The number of carbonyl (C=O) groups excluding carboxylic acids is 2. The van der Waals surface area contributed by atoms with Crippen molar-refractivity contribution in [2.45, 2.75) is 68.6 Å². The van der Waals surface area contributed by atoms with Gasteiger partial charge in [0, 0.05) is 6.42 Å². The van der Waals surface area contributed by atoms with Gasteiger partial charge in [0.25, 0.3) is 0 Å². The van der Waals surface area contributed by atoms with Gasteiger partial charge >= 0.3 is 11.9 Å². The molecule has 0 aromatic carbocycles. The molecule has 0 spiro atoms. The average molecular weight is 390 g/mol. The quantitative estimate of drug-likeness (QED) is 0.370. The molecule has 10 nitrogen and oxygen atoms in total. The van der Waals surface area contributed by atoms with Crippen molar-refractivity contribution in [3.05, 3.63) is 0 Å². The fourth-order valence-corrected chi connectivity index (χ4v) is 0.669. The van der Waals surface area contributed by atoms with Crippen LogP contribution in [0.1, 0.15) is 56.4 Å². The van der Waals surface area contributed by atoms with Crippen molar-refractivity contribution in [1.82, 2.24) is 0 Å². The van der Waals surface area contributed by atoms with Gasteiger partial charge < -0.3 is 20.4 Å². The standard InChI is InChI=1S/C6H10O3.C4H6O5.C2H6O2.4CH4/c1-4(7)3-6(9)5(2)8;5-2(4(8)9)1-3(6)7;1-3-4-2;;;;/h6,9H,3H2,1-2H3;2,5H,1H2,(H,6,7)(H,8,9);1-2H3;4*1H4. The molecule has 0 fully saturated rings. The summed E-state index contributed by atoms with van der Waals surface area (Å²) in [7, 11) is 2.92. The van der Waals surface area contributed by atoms with Gasteiger partial charge in [-0.05, 0) is 13.8 Å². The van der Waals surface area contributed by atoms with Gasteiger partial charge in [-0.25, -0.2) is 14.6 Å². The van der Waals surface area contributed by atoms with E-state index >= 15 is 0 Å². The van der Waals surface area contributed by atoms with Crippen molar-refractivity contribution >= 4 is 23.5 Å². The molecule has 0 saturated heterocycles. The molecule has 0 aromatic rings. The van der Waals surface area contributed by atoms with Crippen LogP contribution in [-0.4, -0.2) is 70.4 Å². The number of carboxylic acid groups (broad SMARTS) is 2. The Labute approximate surface area is 156 Å². The summed E-state index contributed by atoms with van der Waals surface area (Å²) < 4.78 is 0. The van der Waals surface area contributed by atoms with Gasteiger partial charge in [-0.2, -0.15) is 0 Å². The lowest BCUT2D eigenvalue weighted by Gasteiger charge is -2.00. The molecule has 26 heavy (non-hydrogen) atoms. The van der Waals surface area contributed by atoms with E-state index in [4.69, 9.17) is 20.4 Å². The number of hydrogen-bond donors (Lipinski definition) is 4.